The van der Waals surface area contributed by atoms with Crippen LogP contribution in [0.4, 0.5) is 5.69 Å². The fraction of sp³-hybridized carbons (Fsp3) is 0.238. The van der Waals surface area contributed by atoms with Crippen molar-refractivity contribution in [1.29, 1.82) is 5.26 Å². The molecule has 0 fully saturated rings. The lowest BCUT2D eigenvalue weighted by atomic mass is 10.0. The van der Waals surface area contributed by atoms with Crippen molar-refractivity contribution in [2.45, 2.75) is 25.7 Å². The summed E-state index contributed by atoms with van der Waals surface area (Å²) >= 11 is 0. The van der Waals surface area contributed by atoms with E-state index in [2.05, 4.69) is 5.32 Å². The van der Waals surface area contributed by atoms with Crippen molar-refractivity contribution in [3.63, 3.8) is 0 Å². The first kappa shape index (κ1) is 18.3. The van der Waals surface area contributed by atoms with Gasteiger partial charge in [0.25, 0.3) is 0 Å². The maximum Gasteiger partial charge on any atom is 0.338 e. The Morgan fingerprint density at radius 3 is 2.44 bits per heavy atom. The molecular weight excluding hydrogens is 344 g/mol. The van der Waals surface area contributed by atoms with E-state index in [1.54, 1.807) is 12.1 Å². The Kier molecular flexibility index (Phi) is 5.62. The summed E-state index contributed by atoms with van der Waals surface area (Å²) in [4.78, 5) is 35.7. The maximum absolute atomic E-state index is 12.3. The first-order valence-electron chi connectivity index (χ1n) is 8.66. The van der Waals surface area contributed by atoms with Crippen LogP contribution in [0.2, 0.25) is 0 Å². The zero-order chi connectivity index (χ0) is 19.2. The second-order valence-electron chi connectivity index (χ2n) is 6.30. The van der Waals surface area contributed by atoms with Gasteiger partial charge in [0.15, 0.2) is 12.4 Å². The standard InChI is InChI=1S/C21H18N2O4/c22-11-10-20(25)23-18-8-6-15(7-9-18)21(26)27-13-19(24)17-5-4-14-2-1-3-16(14)12-17/h4-9,12H,1-3,10,13H2,(H,23,25). The lowest BCUT2D eigenvalue weighted by molar-refractivity contribution is -0.115. The summed E-state index contributed by atoms with van der Waals surface area (Å²) in [7, 11) is 0. The smallest absolute Gasteiger partial charge is 0.338 e. The van der Waals surface area contributed by atoms with E-state index in [0.717, 1.165) is 19.3 Å². The molecule has 27 heavy (non-hydrogen) atoms. The molecule has 0 atom stereocenters. The molecule has 6 heteroatoms. The van der Waals surface area contributed by atoms with E-state index in [4.69, 9.17) is 10.00 Å². The number of carbonyl (C=O) groups excluding carboxylic acids is 3. The van der Waals surface area contributed by atoms with Gasteiger partial charge in [0.05, 0.1) is 11.6 Å². The summed E-state index contributed by atoms with van der Waals surface area (Å²) in [5.41, 5.74) is 3.78. The molecule has 0 heterocycles. The Morgan fingerprint density at radius 2 is 1.70 bits per heavy atom. The third-order valence-electron chi connectivity index (χ3n) is 4.40. The minimum atomic E-state index is -0.612. The van der Waals surface area contributed by atoms with Gasteiger partial charge in [-0.25, -0.2) is 4.79 Å². The number of benzene rings is 2. The number of Topliss-reactive ketones (excluding diaryl/α,β-unsaturated/α-hetero) is 1. The minimum absolute atomic E-state index is 0.238. The van der Waals surface area contributed by atoms with Gasteiger partial charge in [0, 0.05) is 11.3 Å². The van der Waals surface area contributed by atoms with Gasteiger partial charge in [-0.2, -0.15) is 5.26 Å². The van der Waals surface area contributed by atoms with E-state index >= 15 is 0 Å². The number of anilines is 1. The molecule has 0 bridgehead atoms. The number of nitrogens with zero attached hydrogens (tertiary/aromatic N) is 1. The molecule has 0 aliphatic heterocycles. The highest BCUT2D eigenvalue weighted by atomic mass is 16.5. The number of rotatable bonds is 6. The van der Waals surface area contributed by atoms with Crippen LogP contribution in [0.3, 0.4) is 0 Å². The molecule has 2 aromatic carbocycles. The predicted octanol–water partition coefficient (Wildman–Crippen LogP) is 3.07. The quantitative estimate of drug-likeness (QED) is 0.629. The van der Waals surface area contributed by atoms with Gasteiger partial charge >= 0.3 is 5.97 Å². The van der Waals surface area contributed by atoms with Crippen molar-refractivity contribution < 1.29 is 19.1 Å². The average Bonchev–Trinajstić information content (AvgIpc) is 3.14. The van der Waals surface area contributed by atoms with Crippen molar-refractivity contribution in [2.24, 2.45) is 0 Å². The van der Waals surface area contributed by atoms with Gasteiger partial charge in [-0.1, -0.05) is 12.1 Å². The zero-order valence-electron chi connectivity index (χ0n) is 14.7. The number of hydrogen-bond acceptors (Lipinski definition) is 5. The second-order valence-corrected chi connectivity index (χ2v) is 6.30. The summed E-state index contributed by atoms with van der Waals surface area (Å²) in [6, 6.07) is 13.4. The molecule has 0 aromatic heterocycles. The highest BCUT2D eigenvalue weighted by Crippen LogP contribution is 2.23. The van der Waals surface area contributed by atoms with E-state index in [1.807, 2.05) is 12.1 Å². The third-order valence-corrected chi connectivity index (χ3v) is 4.40. The number of amides is 1. The fourth-order valence-corrected chi connectivity index (χ4v) is 3.01. The van der Waals surface area contributed by atoms with Crippen molar-refractivity contribution in [3.8, 4) is 6.07 Å². The summed E-state index contributed by atoms with van der Waals surface area (Å²) < 4.78 is 5.10. The molecule has 6 nitrogen and oxygen atoms in total. The third kappa shape index (κ3) is 4.59. The van der Waals surface area contributed by atoms with Crippen LogP contribution in [-0.4, -0.2) is 24.3 Å². The Morgan fingerprint density at radius 1 is 1.00 bits per heavy atom. The van der Waals surface area contributed by atoms with E-state index < -0.39 is 11.9 Å². The Labute approximate surface area is 156 Å². The van der Waals surface area contributed by atoms with Gasteiger partial charge in [-0.15, -0.1) is 0 Å². The van der Waals surface area contributed by atoms with Gasteiger partial charge in [-0.3, -0.25) is 9.59 Å². The number of carbonyl (C=O) groups is 3. The number of aryl methyl sites for hydroxylation is 2. The average molecular weight is 362 g/mol. The Hall–Kier alpha value is -3.46. The molecule has 2 aromatic rings. The molecule has 1 N–H and O–H groups in total. The van der Waals surface area contributed by atoms with E-state index in [0.29, 0.717) is 11.3 Å². The van der Waals surface area contributed by atoms with Crippen molar-refractivity contribution in [3.05, 3.63) is 64.7 Å². The van der Waals surface area contributed by atoms with Crippen LogP contribution in [0.15, 0.2) is 42.5 Å². The zero-order valence-corrected chi connectivity index (χ0v) is 14.7. The van der Waals surface area contributed by atoms with Gasteiger partial charge in [-0.05, 0) is 60.7 Å². The maximum atomic E-state index is 12.3. The van der Waals surface area contributed by atoms with Crippen LogP contribution in [0.1, 0.15) is 44.7 Å². The molecule has 0 saturated heterocycles. The summed E-state index contributed by atoms with van der Waals surface area (Å²) in [5.74, 6) is -1.27. The van der Waals surface area contributed by atoms with Gasteiger partial charge in [0.1, 0.15) is 6.42 Å². The Bertz CT molecular complexity index is 926. The molecule has 0 saturated carbocycles. The molecule has 0 spiro atoms. The largest absolute Gasteiger partial charge is 0.454 e. The van der Waals surface area contributed by atoms with Crippen molar-refractivity contribution >= 4 is 23.3 Å². The highest BCUT2D eigenvalue weighted by molar-refractivity contribution is 5.99. The highest BCUT2D eigenvalue weighted by Gasteiger charge is 2.16. The number of ether oxygens (including phenoxy) is 1. The van der Waals surface area contributed by atoms with E-state index in [-0.39, 0.29) is 24.4 Å². The number of ketones is 1. The molecule has 1 amide bonds. The van der Waals surface area contributed by atoms with Crippen LogP contribution in [-0.2, 0) is 22.4 Å². The molecule has 1 aliphatic carbocycles. The minimum Gasteiger partial charge on any atom is -0.454 e. The predicted molar refractivity (Wildman–Crippen MR) is 98.4 cm³/mol. The lowest BCUT2D eigenvalue weighted by Gasteiger charge is -2.07. The molecule has 3 rings (SSSR count). The van der Waals surface area contributed by atoms with Crippen LogP contribution in [0, 0.1) is 11.3 Å². The molecule has 1 aliphatic rings. The van der Waals surface area contributed by atoms with Gasteiger partial charge in [0.2, 0.25) is 5.91 Å². The van der Waals surface area contributed by atoms with Crippen LogP contribution >= 0.6 is 0 Å². The summed E-state index contributed by atoms with van der Waals surface area (Å²) in [5, 5.41) is 11.0. The molecular formula is C21H18N2O4. The first-order chi connectivity index (χ1) is 13.1. The number of hydrogen-bond donors (Lipinski definition) is 1. The summed E-state index contributed by atoms with van der Waals surface area (Å²) in [6.07, 6.45) is 2.89. The van der Waals surface area contributed by atoms with Crippen molar-refractivity contribution in [2.75, 3.05) is 11.9 Å². The van der Waals surface area contributed by atoms with Crippen LogP contribution in [0.5, 0.6) is 0 Å². The number of nitriles is 1. The number of nitrogens with one attached hydrogen (secondary N) is 1. The normalized spacial score (nSPS) is 12.0. The van der Waals surface area contributed by atoms with Crippen LogP contribution < -0.4 is 5.32 Å². The molecule has 136 valence electrons. The monoisotopic (exact) mass is 362 g/mol. The number of fused-ring (bicyclic) bond motifs is 1. The molecule has 0 unspecified atom stereocenters. The van der Waals surface area contributed by atoms with E-state index in [9.17, 15) is 14.4 Å². The second kappa shape index (κ2) is 8.28. The van der Waals surface area contributed by atoms with Crippen molar-refractivity contribution in [1.82, 2.24) is 0 Å². The lowest BCUT2D eigenvalue weighted by Crippen LogP contribution is -2.15. The van der Waals surface area contributed by atoms with Gasteiger partial charge < -0.3 is 10.1 Å². The van der Waals surface area contributed by atoms with Crippen LogP contribution in [0.25, 0.3) is 0 Å². The fourth-order valence-electron chi connectivity index (χ4n) is 3.01. The molecule has 0 radical (unpaired) electrons. The summed E-state index contributed by atoms with van der Waals surface area (Å²) in [6.45, 7) is -0.321. The first-order valence-corrected chi connectivity index (χ1v) is 8.66. The van der Waals surface area contributed by atoms with E-state index in [1.165, 1.54) is 35.4 Å². The topological polar surface area (TPSA) is 96.3 Å². The SMILES string of the molecule is N#CCC(=O)Nc1ccc(C(=O)OCC(=O)c2ccc3c(c2)CCC3)cc1. The Balaban J connectivity index is 1.55. The number of esters is 1.